The van der Waals surface area contributed by atoms with Gasteiger partial charge in [-0.15, -0.1) is 0 Å². The van der Waals surface area contributed by atoms with Gasteiger partial charge in [0.2, 0.25) is 0 Å². The number of alkyl halides is 2. The van der Waals surface area contributed by atoms with Gasteiger partial charge in [-0.2, -0.15) is 0 Å². The number of benzene rings is 4. The molecule has 4 aromatic carbocycles. The number of carbonyl (C=O) groups is 1. The second-order valence-corrected chi connectivity index (χ2v) is 15.4. The number of rotatable bonds is 10. The molecule has 0 bridgehead atoms. The van der Waals surface area contributed by atoms with Gasteiger partial charge in [-0.3, -0.25) is 4.79 Å². The van der Waals surface area contributed by atoms with E-state index in [0.717, 1.165) is 33.8 Å². The van der Waals surface area contributed by atoms with Gasteiger partial charge < -0.3 is 9.47 Å². The van der Waals surface area contributed by atoms with E-state index < -0.39 is 11.8 Å². The van der Waals surface area contributed by atoms with E-state index in [-0.39, 0.29) is 26.3 Å². The van der Waals surface area contributed by atoms with Crippen LogP contribution in [0.1, 0.15) is 96.4 Å². The van der Waals surface area contributed by atoms with Crippen LogP contribution in [0.15, 0.2) is 97.1 Å². The fourth-order valence-electron chi connectivity index (χ4n) is 5.49. The zero-order chi connectivity index (χ0) is 32.2. The lowest BCUT2D eigenvalue weighted by atomic mass is 9.76. The van der Waals surface area contributed by atoms with E-state index in [9.17, 15) is 0 Å². The summed E-state index contributed by atoms with van der Waals surface area (Å²) in [5.41, 5.74) is 6.46. The number of carbonyl (C=O) groups excluding carboxylic acids is 1. The SMILES string of the molecule is COc1ccc(C(Br)C(C(=O)C(c2ccc(C(C)(C)C)cc2)C(Br)c2ccc(OC)cc2)c2ccc(C(C)(C)C)cc2)cc1. The molecule has 0 radical (unpaired) electrons. The minimum Gasteiger partial charge on any atom is -0.497 e. The Hall–Kier alpha value is -2.89. The first kappa shape index (κ1) is 34.0. The van der Waals surface area contributed by atoms with Crippen LogP contribution in [-0.4, -0.2) is 20.0 Å². The molecule has 232 valence electrons. The molecule has 0 aliphatic heterocycles. The highest BCUT2D eigenvalue weighted by Crippen LogP contribution is 2.48. The molecule has 44 heavy (non-hydrogen) atoms. The van der Waals surface area contributed by atoms with Gasteiger partial charge in [0.25, 0.3) is 0 Å². The van der Waals surface area contributed by atoms with Crippen LogP contribution in [0.25, 0.3) is 0 Å². The third-order valence-electron chi connectivity index (χ3n) is 8.34. The second-order valence-electron chi connectivity index (χ2n) is 13.5. The van der Waals surface area contributed by atoms with Gasteiger partial charge in [-0.05, 0) is 68.5 Å². The number of Topliss-reactive ketones (excluding diaryl/α,β-unsaturated/α-hetero) is 1. The Morgan fingerprint density at radius 1 is 0.500 bits per heavy atom. The van der Waals surface area contributed by atoms with E-state index in [0.29, 0.717) is 0 Å². The number of halogens is 2. The average Bonchev–Trinajstić information content (AvgIpc) is 3.01. The molecule has 5 heteroatoms. The summed E-state index contributed by atoms with van der Waals surface area (Å²) in [7, 11) is 3.32. The summed E-state index contributed by atoms with van der Waals surface area (Å²) in [5.74, 6) is 0.781. The normalized spacial score (nSPS) is 14.8. The summed E-state index contributed by atoms with van der Waals surface area (Å²) in [6.07, 6.45) is 0. The minimum atomic E-state index is -0.456. The predicted octanol–water partition coefficient (Wildman–Crippen LogP) is 11.0. The Morgan fingerprint density at radius 3 is 1.02 bits per heavy atom. The van der Waals surface area contributed by atoms with Crippen LogP contribution >= 0.6 is 31.9 Å². The Morgan fingerprint density at radius 2 is 0.773 bits per heavy atom. The van der Waals surface area contributed by atoms with Gasteiger partial charge in [-0.25, -0.2) is 0 Å². The smallest absolute Gasteiger partial charge is 0.150 e. The molecule has 0 aromatic heterocycles. The van der Waals surface area contributed by atoms with Crippen LogP contribution in [0.4, 0.5) is 0 Å². The Balaban J connectivity index is 1.86. The van der Waals surface area contributed by atoms with Gasteiger partial charge >= 0.3 is 0 Å². The van der Waals surface area contributed by atoms with Gasteiger partial charge in [0, 0.05) is 0 Å². The summed E-state index contributed by atoms with van der Waals surface area (Å²) in [4.78, 5) is 14.7. The third-order valence-corrected chi connectivity index (χ3v) is 10.5. The molecule has 0 aliphatic rings. The predicted molar refractivity (Wildman–Crippen MR) is 190 cm³/mol. The lowest BCUT2D eigenvalue weighted by Gasteiger charge is -2.31. The zero-order valence-corrected chi connectivity index (χ0v) is 30.2. The van der Waals surface area contributed by atoms with Crippen LogP contribution < -0.4 is 9.47 Å². The number of ether oxygens (including phenoxy) is 2. The first-order valence-corrected chi connectivity index (χ1v) is 16.9. The Kier molecular flexibility index (Phi) is 10.8. The molecule has 0 fully saturated rings. The number of ketones is 1. The highest BCUT2D eigenvalue weighted by atomic mass is 79.9. The van der Waals surface area contributed by atoms with E-state index in [2.05, 4.69) is 122 Å². The Labute approximate surface area is 280 Å². The molecule has 0 saturated carbocycles. The molecular formula is C39H44Br2O3. The lowest BCUT2D eigenvalue weighted by molar-refractivity contribution is -0.122. The van der Waals surface area contributed by atoms with Gasteiger partial charge in [0.05, 0.1) is 35.7 Å². The Bertz CT molecular complexity index is 1390. The van der Waals surface area contributed by atoms with Crippen LogP contribution in [0, 0.1) is 0 Å². The summed E-state index contributed by atoms with van der Waals surface area (Å²) in [5, 5.41) is 0. The van der Waals surface area contributed by atoms with Crippen molar-refractivity contribution in [3.8, 4) is 11.5 Å². The van der Waals surface area contributed by atoms with Crippen molar-refractivity contribution >= 4 is 37.6 Å². The molecule has 0 N–H and O–H groups in total. The molecule has 0 aliphatic carbocycles. The van der Waals surface area contributed by atoms with E-state index in [1.54, 1.807) is 14.2 Å². The van der Waals surface area contributed by atoms with Crippen molar-refractivity contribution in [2.45, 2.75) is 73.9 Å². The van der Waals surface area contributed by atoms with Crippen LogP contribution in [0.5, 0.6) is 11.5 Å². The standard InChI is InChI=1S/C39H44Br2O3/c1-38(2,3)29-17-9-25(10-18-29)33(35(40)27-13-21-31(43-7)22-14-27)37(42)34(26-11-19-30(20-12-26)39(4,5)6)36(41)28-15-23-32(44-8)24-16-28/h9-24,33-36H,1-8H3. The van der Waals surface area contributed by atoms with E-state index in [4.69, 9.17) is 9.47 Å². The van der Waals surface area contributed by atoms with Crippen molar-refractivity contribution in [2.24, 2.45) is 0 Å². The second kappa shape index (κ2) is 14.0. The topological polar surface area (TPSA) is 35.5 Å². The summed E-state index contributed by atoms with van der Waals surface area (Å²) < 4.78 is 10.8. The molecule has 0 amide bonds. The minimum absolute atomic E-state index is 0.00841. The molecule has 4 unspecified atom stereocenters. The quantitative estimate of drug-likeness (QED) is 0.153. The maximum absolute atomic E-state index is 15.2. The maximum Gasteiger partial charge on any atom is 0.150 e. The summed E-state index contributed by atoms with van der Waals surface area (Å²) >= 11 is 8.01. The van der Waals surface area contributed by atoms with Crippen LogP contribution in [0.2, 0.25) is 0 Å². The monoisotopic (exact) mass is 718 g/mol. The molecule has 0 spiro atoms. The molecule has 0 heterocycles. The van der Waals surface area contributed by atoms with Crippen molar-refractivity contribution < 1.29 is 14.3 Å². The van der Waals surface area contributed by atoms with E-state index in [1.807, 2.05) is 48.5 Å². The number of hydrogen-bond acceptors (Lipinski definition) is 3. The van der Waals surface area contributed by atoms with Crippen molar-refractivity contribution in [1.82, 2.24) is 0 Å². The third kappa shape index (κ3) is 7.84. The number of methoxy groups -OCH3 is 2. The summed E-state index contributed by atoms with van der Waals surface area (Å²) in [6.45, 7) is 13.2. The fraction of sp³-hybridized carbons (Fsp3) is 0.359. The average molecular weight is 721 g/mol. The molecular weight excluding hydrogens is 676 g/mol. The van der Waals surface area contributed by atoms with Crippen LogP contribution in [0.3, 0.4) is 0 Å². The van der Waals surface area contributed by atoms with Gasteiger partial charge in [0.15, 0.2) is 5.78 Å². The molecule has 3 nitrogen and oxygen atoms in total. The van der Waals surface area contributed by atoms with E-state index in [1.165, 1.54) is 11.1 Å². The van der Waals surface area contributed by atoms with E-state index >= 15 is 4.79 Å². The first-order chi connectivity index (χ1) is 20.7. The first-order valence-electron chi connectivity index (χ1n) is 15.0. The molecule has 0 saturated heterocycles. The summed E-state index contributed by atoms with van der Waals surface area (Å²) in [6, 6.07) is 33.0. The van der Waals surface area contributed by atoms with Crippen molar-refractivity contribution in [3.63, 3.8) is 0 Å². The molecule has 4 rings (SSSR count). The van der Waals surface area contributed by atoms with Crippen molar-refractivity contribution in [1.29, 1.82) is 0 Å². The number of hydrogen-bond donors (Lipinski definition) is 0. The fourth-order valence-corrected chi connectivity index (χ4v) is 7.23. The highest BCUT2D eigenvalue weighted by Gasteiger charge is 2.39. The van der Waals surface area contributed by atoms with Gasteiger partial charge in [-0.1, -0.05) is 146 Å². The molecule has 4 atom stereocenters. The maximum atomic E-state index is 15.2. The largest absolute Gasteiger partial charge is 0.497 e. The zero-order valence-electron chi connectivity index (χ0n) is 27.0. The van der Waals surface area contributed by atoms with Gasteiger partial charge in [0.1, 0.15) is 11.5 Å². The van der Waals surface area contributed by atoms with Crippen molar-refractivity contribution in [3.05, 3.63) is 130 Å². The molecule has 4 aromatic rings. The lowest BCUT2D eigenvalue weighted by Crippen LogP contribution is -2.27. The highest BCUT2D eigenvalue weighted by molar-refractivity contribution is 9.09. The van der Waals surface area contributed by atoms with Crippen LogP contribution in [-0.2, 0) is 15.6 Å². The van der Waals surface area contributed by atoms with Crippen molar-refractivity contribution in [2.75, 3.05) is 14.2 Å².